The molecule has 21 heavy (non-hydrogen) atoms. The van der Waals surface area contributed by atoms with Crippen LogP contribution in [0.3, 0.4) is 0 Å². The molecular weight excluding hydrogens is 260 g/mol. The molecular formula is C18H24N2O. The molecule has 2 aromatic carbocycles. The summed E-state index contributed by atoms with van der Waals surface area (Å²) in [7, 11) is 4.03. The molecule has 0 aliphatic heterocycles. The summed E-state index contributed by atoms with van der Waals surface area (Å²) < 4.78 is 5.86. The fraction of sp³-hybridized carbons (Fsp3) is 0.333. The highest BCUT2D eigenvalue weighted by Gasteiger charge is 2.10. The highest BCUT2D eigenvalue weighted by Crippen LogP contribution is 2.22. The zero-order valence-electron chi connectivity index (χ0n) is 13.3. The van der Waals surface area contributed by atoms with Gasteiger partial charge in [-0.1, -0.05) is 29.8 Å². The van der Waals surface area contributed by atoms with E-state index in [1.54, 1.807) is 0 Å². The summed E-state index contributed by atoms with van der Waals surface area (Å²) in [6, 6.07) is 14.3. The summed E-state index contributed by atoms with van der Waals surface area (Å²) in [6.07, 6.45) is 0. The quantitative estimate of drug-likeness (QED) is 0.914. The van der Waals surface area contributed by atoms with E-state index < -0.39 is 0 Å². The normalized spacial score (nSPS) is 12.0. The van der Waals surface area contributed by atoms with E-state index in [2.05, 4.69) is 43.0 Å². The Bertz CT molecular complexity index is 608. The van der Waals surface area contributed by atoms with Gasteiger partial charge in [-0.05, 0) is 37.1 Å². The number of rotatable bonds is 5. The summed E-state index contributed by atoms with van der Waals surface area (Å²) in [5.41, 5.74) is 11.0. The predicted octanol–water partition coefficient (Wildman–Crippen LogP) is 3.45. The van der Waals surface area contributed by atoms with Crippen molar-refractivity contribution in [2.24, 2.45) is 5.73 Å². The molecule has 0 heterocycles. The van der Waals surface area contributed by atoms with Gasteiger partial charge in [0.05, 0.1) is 6.04 Å². The molecule has 0 aliphatic rings. The van der Waals surface area contributed by atoms with E-state index in [-0.39, 0.29) is 6.04 Å². The molecule has 3 heteroatoms. The molecule has 0 bridgehead atoms. The van der Waals surface area contributed by atoms with Crippen LogP contribution in [0.1, 0.15) is 22.7 Å². The van der Waals surface area contributed by atoms with Crippen molar-refractivity contribution in [1.82, 2.24) is 0 Å². The number of ether oxygens (including phenoxy) is 1. The summed E-state index contributed by atoms with van der Waals surface area (Å²) >= 11 is 0. The van der Waals surface area contributed by atoms with Gasteiger partial charge in [-0.2, -0.15) is 0 Å². The fourth-order valence-corrected chi connectivity index (χ4v) is 2.29. The predicted molar refractivity (Wildman–Crippen MR) is 89.1 cm³/mol. The van der Waals surface area contributed by atoms with Crippen LogP contribution in [0.15, 0.2) is 42.5 Å². The molecule has 0 amide bonds. The van der Waals surface area contributed by atoms with Gasteiger partial charge in [0.1, 0.15) is 12.4 Å². The smallest absolute Gasteiger partial charge is 0.121 e. The van der Waals surface area contributed by atoms with E-state index in [9.17, 15) is 0 Å². The number of hydrogen-bond acceptors (Lipinski definition) is 3. The highest BCUT2D eigenvalue weighted by molar-refractivity contribution is 5.49. The van der Waals surface area contributed by atoms with E-state index in [0.717, 1.165) is 17.0 Å². The Kier molecular flexibility index (Phi) is 4.86. The molecule has 2 rings (SSSR count). The third-order valence-corrected chi connectivity index (χ3v) is 3.60. The Balaban J connectivity index is 2.05. The van der Waals surface area contributed by atoms with Crippen LogP contribution >= 0.6 is 0 Å². The number of nitrogens with two attached hydrogens (primary N) is 1. The number of nitrogens with zero attached hydrogens (tertiary/aromatic N) is 1. The molecule has 0 saturated heterocycles. The standard InChI is InChI=1S/C18H24N2O/c1-13-8-9-14(2)17(10-13)18(19)12-21-16-7-5-6-15(11-16)20(3)4/h5-11,18H,12,19H2,1-4H3. The Morgan fingerprint density at radius 2 is 1.86 bits per heavy atom. The van der Waals surface area contributed by atoms with Crippen LogP contribution in [-0.2, 0) is 0 Å². The van der Waals surface area contributed by atoms with Crippen LogP contribution in [0.25, 0.3) is 0 Å². The van der Waals surface area contributed by atoms with Crippen LogP contribution < -0.4 is 15.4 Å². The minimum Gasteiger partial charge on any atom is -0.492 e. The Morgan fingerprint density at radius 1 is 1.10 bits per heavy atom. The van der Waals surface area contributed by atoms with Gasteiger partial charge in [-0.15, -0.1) is 0 Å². The Morgan fingerprint density at radius 3 is 2.57 bits per heavy atom. The first-order chi connectivity index (χ1) is 9.97. The van der Waals surface area contributed by atoms with E-state index in [0.29, 0.717) is 6.61 Å². The summed E-state index contributed by atoms with van der Waals surface area (Å²) in [5, 5.41) is 0. The molecule has 0 radical (unpaired) electrons. The van der Waals surface area contributed by atoms with Crippen molar-refractivity contribution in [3.8, 4) is 5.75 Å². The zero-order valence-corrected chi connectivity index (χ0v) is 13.3. The minimum absolute atomic E-state index is 0.118. The largest absolute Gasteiger partial charge is 0.492 e. The maximum Gasteiger partial charge on any atom is 0.121 e. The average molecular weight is 284 g/mol. The lowest BCUT2D eigenvalue weighted by Crippen LogP contribution is -2.20. The van der Waals surface area contributed by atoms with Crippen molar-refractivity contribution < 1.29 is 4.74 Å². The van der Waals surface area contributed by atoms with Gasteiger partial charge in [-0.3, -0.25) is 0 Å². The third-order valence-electron chi connectivity index (χ3n) is 3.60. The fourth-order valence-electron chi connectivity index (χ4n) is 2.29. The summed E-state index contributed by atoms with van der Waals surface area (Å²) in [5.74, 6) is 0.849. The monoisotopic (exact) mass is 284 g/mol. The molecule has 3 nitrogen and oxygen atoms in total. The van der Waals surface area contributed by atoms with Gasteiger partial charge in [-0.25, -0.2) is 0 Å². The molecule has 2 aromatic rings. The molecule has 0 spiro atoms. The Labute approximate surface area is 127 Å². The SMILES string of the molecule is Cc1ccc(C)c(C(N)COc2cccc(N(C)C)c2)c1. The first kappa shape index (κ1) is 15.4. The first-order valence-electron chi connectivity index (χ1n) is 7.20. The lowest BCUT2D eigenvalue weighted by Gasteiger charge is -2.18. The molecule has 1 unspecified atom stereocenters. The van der Waals surface area contributed by atoms with Crippen LogP contribution in [0.4, 0.5) is 5.69 Å². The molecule has 0 aromatic heterocycles. The average Bonchev–Trinajstić information content (AvgIpc) is 2.47. The Hall–Kier alpha value is -2.00. The van der Waals surface area contributed by atoms with E-state index in [4.69, 9.17) is 10.5 Å². The van der Waals surface area contributed by atoms with E-state index in [1.807, 2.05) is 32.3 Å². The van der Waals surface area contributed by atoms with Gasteiger partial charge in [0.25, 0.3) is 0 Å². The van der Waals surface area contributed by atoms with Crippen LogP contribution in [0.2, 0.25) is 0 Å². The molecule has 1 atom stereocenters. The summed E-state index contributed by atoms with van der Waals surface area (Å²) in [4.78, 5) is 2.05. The topological polar surface area (TPSA) is 38.5 Å². The number of anilines is 1. The lowest BCUT2D eigenvalue weighted by molar-refractivity contribution is 0.290. The van der Waals surface area contributed by atoms with Crippen LogP contribution in [0.5, 0.6) is 5.75 Å². The number of benzene rings is 2. The van der Waals surface area contributed by atoms with Gasteiger partial charge >= 0.3 is 0 Å². The number of hydrogen-bond donors (Lipinski definition) is 1. The van der Waals surface area contributed by atoms with Gasteiger partial charge in [0.2, 0.25) is 0 Å². The maximum atomic E-state index is 6.27. The third kappa shape index (κ3) is 3.99. The minimum atomic E-state index is -0.118. The van der Waals surface area contributed by atoms with E-state index in [1.165, 1.54) is 11.1 Å². The van der Waals surface area contributed by atoms with E-state index >= 15 is 0 Å². The summed E-state index contributed by atoms with van der Waals surface area (Å²) in [6.45, 7) is 4.64. The second-order valence-corrected chi connectivity index (χ2v) is 5.67. The van der Waals surface area contributed by atoms with Crippen molar-refractivity contribution in [1.29, 1.82) is 0 Å². The number of aryl methyl sites for hydroxylation is 2. The zero-order chi connectivity index (χ0) is 15.4. The molecule has 2 N–H and O–H groups in total. The van der Waals surface area contributed by atoms with Crippen molar-refractivity contribution in [3.63, 3.8) is 0 Å². The highest BCUT2D eigenvalue weighted by atomic mass is 16.5. The molecule has 112 valence electrons. The van der Waals surface area contributed by atoms with Gasteiger partial charge < -0.3 is 15.4 Å². The van der Waals surface area contributed by atoms with Crippen LogP contribution in [-0.4, -0.2) is 20.7 Å². The first-order valence-corrected chi connectivity index (χ1v) is 7.20. The van der Waals surface area contributed by atoms with Crippen molar-refractivity contribution in [2.45, 2.75) is 19.9 Å². The molecule has 0 aliphatic carbocycles. The molecule has 0 fully saturated rings. The lowest BCUT2D eigenvalue weighted by atomic mass is 10.00. The van der Waals surface area contributed by atoms with Crippen molar-refractivity contribution >= 4 is 5.69 Å². The van der Waals surface area contributed by atoms with Crippen LogP contribution in [0, 0.1) is 13.8 Å². The molecule has 0 saturated carbocycles. The van der Waals surface area contributed by atoms with Crippen molar-refractivity contribution in [2.75, 3.05) is 25.6 Å². The maximum absolute atomic E-state index is 6.27. The second-order valence-electron chi connectivity index (χ2n) is 5.67. The van der Waals surface area contributed by atoms with Crippen molar-refractivity contribution in [3.05, 3.63) is 59.2 Å². The van der Waals surface area contributed by atoms with Gasteiger partial charge in [0, 0.05) is 25.8 Å². The second kappa shape index (κ2) is 6.64. The van der Waals surface area contributed by atoms with Gasteiger partial charge in [0.15, 0.2) is 0 Å².